The summed E-state index contributed by atoms with van der Waals surface area (Å²) in [7, 11) is 0. The molecule has 2 atom stereocenters. The summed E-state index contributed by atoms with van der Waals surface area (Å²) in [6, 6.07) is 10.1. The number of thiazole rings is 1. The second-order valence-electron chi connectivity index (χ2n) is 6.29. The normalized spacial score (nSPS) is 21.0. The monoisotopic (exact) mass is 344 g/mol. The van der Waals surface area contributed by atoms with E-state index in [1.807, 2.05) is 47.5 Å². The standard InChI is InChI=1S/C19H24N2O2S/c1-3-23-17-9-10-21(12-14(17)2)18(22)11-16-13-24-19(20-16)15-7-5-4-6-8-15/h4-8,13-14,17H,3,9-12H2,1-2H3/t14-,17+/m1/s1. The molecule has 0 N–H and O–H groups in total. The number of benzene rings is 1. The van der Waals surface area contributed by atoms with Gasteiger partial charge in [0.2, 0.25) is 5.91 Å². The minimum atomic E-state index is 0.168. The van der Waals surface area contributed by atoms with Gasteiger partial charge < -0.3 is 9.64 Å². The highest BCUT2D eigenvalue weighted by Gasteiger charge is 2.29. The summed E-state index contributed by atoms with van der Waals surface area (Å²) < 4.78 is 5.75. The van der Waals surface area contributed by atoms with E-state index in [0.29, 0.717) is 12.3 Å². The lowest BCUT2D eigenvalue weighted by molar-refractivity contribution is -0.135. The third-order valence-corrected chi connectivity index (χ3v) is 5.41. The van der Waals surface area contributed by atoms with E-state index in [-0.39, 0.29) is 12.0 Å². The lowest BCUT2D eigenvalue weighted by atomic mass is 9.96. The van der Waals surface area contributed by atoms with Crippen molar-refractivity contribution >= 4 is 17.2 Å². The summed E-state index contributed by atoms with van der Waals surface area (Å²) >= 11 is 1.60. The Kier molecular flexibility index (Phi) is 5.63. The van der Waals surface area contributed by atoms with Crippen molar-refractivity contribution in [3.05, 3.63) is 41.4 Å². The predicted molar refractivity (Wildman–Crippen MR) is 97.0 cm³/mol. The molecule has 0 spiro atoms. The van der Waals surface area contributed by atoms with Crippen LogP contribution in [0.1, 0.15) is 26.0 Å². The molecule has 128 valence electrons. The average molecular weight is 344 g/mol. The van der Waals surface area contributed by atoms with Crippen LogP contribution in [0.3, 0.4) is 0 Å². The molecule has 1 amide bonds. The molecule has 0 bridgehead atoms. The van der Waals surface area contributed by atoms with Crippen LogP contribution in [0.5, 0.6) is 0 Å². The fourth-order valence-corrected chi connectivity index (χ4v) is 4.01. The van der Waals surface area contributed by atoms with Crippen molar-refractivity contribution in [3.63, 3.8) is 0 Å². The average Bonchev–Trinajstić information content (AvgIpc) is 3.06. The molecule has 1 fully saturated rings. The third-order valence-electron chi connectivity index (χ3n) is 4.46. The molecule has 1 aliphatic heterocycles. The largest absolute Gasteiger partial charge is 0.378 e. The second-order valence-corrected chi connectivity index (χ2v) is 7.14. The molecule has 1 saturated heterocycles. The van der Waals surface area contributed by atoms with E-state index in [2.05, 4.69) is 11.9 Å². The van der Waals surface area contributed by atoms with Crippen LogP contribution in [-0.2, 0) is 16.0 Å². The van der Waals surface area contributed by atoms with Crippen molar-refractivity contribution in [2.24, 2.45) is 5.92 Å². The summed E-state index contributed by atoms with van der Waals surface area (Å²) in [6.45, 7) is 6.49. The number of piperidine rings is 1. The number of likely N-dealkylation sites (tertiary alicyclic amines) is 1. The van der Waals surface area contributed by atoms with Gasteiger partial charge in [0.05, 0.1) is 18.2 Å². The molecule has 4 nitrogen and oxygen atoms in total. The van der Waals surface area contributed by atoms with Gasteiger partial charge in [-0.3, -0.25) is 4.79 Å². The molecule has 5 heteroatoms. The quantitative estimate of drug-likeness (QED) is 0.832. The predicted octanol–water partition coefficient (Wildman–Crippen LogP) is 3.63. The highest BCUT2D eigenvalue weighted by molar-refractivity contribution is 7.13. The van der Waals surface area contributed by atoms with Crippen molar-refractivity contribution in [3.8, 4) is 10.6 Å². The van der Waals surface area contributed by atoms with Crippen LogP contribution >= 0.6 is 11.3 Å². The second kappa shape index (κ2) is 7.90. The summed E-state index contributed by atoms with van der Waals surface area (Å²) in [6.07, 6.45) is 1.59. The Morgan fingerprint density at radius 3 is 2.88 bits per heavy atom. The SMILES string of the molecule is CCO[C@H]1CCN(C(=O)Cc2csc(-c3ccccc3)n2)C[C@H]1C. The van der Waals surface area contributed by atoms with Gasteiger partial charge in [-0.25, -0.2) is 4.98 Å². The molecule has 1 aromatic carbocycles. The van der Waals surface area contributed by atoms with Gasteiger partial charge in [-0.1, -0.05) is 37.3 Å². The number of rotatable bonds is 5. The summed E-state index contributed by atoms with van der Waals surface area (Å²) in [5.41, 5.74) is 1.97. The van der Waals surface area contributed by atoms with Crippen LogP contribution in [0.25, 0.3) is 10.6 Å². The van der Waals surface area contributed by atoms with Crippen molar-refractivity contribution in [1.29, 1.82) is 0 Å². The highest BCUT2D eigenvalue weighted by atomic mass is 32.1. The first kappa shape index (κ1) is 17.1. The van der Waals surface area contributed by atoms with E-state index in [1.165, 1.54) is 0 Å². The van der Waals surface area contributed by atoms with E-state index < -0.39 is 0 Å². The van der Waals surface area contributed by atoms with E-state index >= 15 is 0 Å². The number of nitrogens with zero attached hydrogens (tertiary/aromatic N) is 2. The third kappa shape index (κ3) is 4.02. The Hall–Kier alpha value is -1.72. The summed E-state index contributed by atoms with van der Waals surface area (Å²) in [5.74, 6) is 0.555. The minimum absolute atomic E-state index is 0.168. The van der Waals surface area contributed by atoms with Gasteiger partial charge in [0.1, 0.15) is 5.01 Å². The van der Waals surface area contributed by atoms with Crippen molar-refractivity contribution in [2.45, 2.75) is 32.8 Å². The van der Waals surface area contributed by atoms with Crippen LogP contribution in [-0.4, -0.2) is 41.6 Å². The lowest BCUT2D eigenvalue weighted by Gasteiger charge is -2.36. The van der Waals surface area contributed by atoms with E-state index in [4.69, 9.17) is 4.74 Å². The number of aromatic nitrogens is 1. The number of amides is 1. The highest BCUT2D eigenvalue weighted by Crippen LogP contribution is 2.24. The Morgan fingerprint density at radius 2 is 2.17 bits per heavy atom. The maximum Gasteiger partial charge on any atom is 0.228 e. The molecule has 0 radical (unpaired) electrons. The van der Waals surface area contributed by atoms with Crippen molar-refractivity contribution in [1.82, 2.24) is 9.88 Å². The van der Waals surface area contributed by atoms with Crippen LogP contribution in [0, 0.1) is 5.92 Å². The van der Waals surface area contributed by atoms with Gasteiger partial charge in [-0.2, -0.15) is 0 Å². The Labute approximate surface area is 147 Å². The molecule has 2 aromatic rings. The molecule has 2 heterocycles. The van der Waals surface area contributed by atoms with Gasteiger partial charge in [-0.15, -0.1) is 11.3 Å². The summed E-state index contributed by atoms with van der Waals surface area (Å²) in [4.78, 5) is 19.2. The Morgan fingerprint density at radius 1 is 1.38 bits per heavy atom. The first-order valence-corrected chi connectivity index (χ1v) is 9.44. The zero-order chi connectivity index (χ0) is 16.9. The molecule has 0 saturated carbocycles. The van der Waals surface area contributed by atoms with Crippen LogP contribution in [0.4, 0.5) is 0 Å². The molecule has 0 aliphatic carbocycles. The van der Waals surface area contributed by atoms with Crippen LogP contribution < -0.4 is 0 Å². The zero-order valence-corrected chi connectivity index (χ0v) is 15.1. The first-order chi connectivity index (χ1) is 11.7. The molecular weight excluding hydrogens is 320 g/mol. The number of hydrogen-bond acceptors (Lipinski definition) is 4. The molecule has 3 rings (SSSR count). The van der Waals surface area contributed by atoms with Crippen molar-refractivity contribution < 1.29 is 9.53 Å². The smallest absolute Gasteiger partial charge is 0.228 e. The molecular formula is C19H24N2O2S. The zero-order valence-electron chi connectivity index (χ0n) is 14.3. The van der Waals surface area contributed by atoms with Gasteiger partial charge in [0, 0.05) is 30.6 Å². The minimum Gasteiger partial charge on any atom is -0.378 e. The summed E-state index contributed by atoms with van der Waals surface area (Å²) in [5, 5.41) is 2.97. The maximum absolute atomic E-state index is 12.6. The number of ether oxygens (including phenoxy) is 1. The van der Waals surface area contributed by atoms with Gasteiger partial charge in [0.15, 0.2) is 0 Å². The topological polar surface area (TPSA) is 42.4 Å². The first-order valence-electron chi connectivity index (χ1n) is 8.56. The van der Waals surface area contributed by atoms with E-state index in [0.717, 1.165) is 42.4 Å². The van der Waals surface area contributed by atoms with Gasteiger partial charge in [0.25, 0.3) is 0 Å². The Balaban J connectivity index is 1.59. The van der Waals surface area contributed by atoms with Crippen LogP contribution in [0.15, 0.2) is 35.7 Å². The van der Waals surface area contributed by atoms with Gasteiger partial charge >= 0.3 is 0 Å². The Bertz CT molecular complexity index is 671. The fourth-order valence-electron chi connectivity index (χ4n) is 3.18. The van der Waals surface area contributed by atoms with Gasteiger partial charge in [-0.05, 0) is 19.3 Å². The molecule has 24 heavy (non-hydrogen) atoms. The molecule has 1 aliphatic rings. The number of hydrogen-bond donors (Lipinski definition) is 0. The van der Waals surface area contributed by atoms with Crippen LogP contribution in [0.2, 0.25) is 0 Å². The van der Waals surface area contributed by atoms with Crippen molar-refractivity contribution in [2.75, 3.05) is 19.7 Å². The fraction of sp³-hybridized carbons (Fsp3) is 0.474. The number of carbonyl (C=O) groups is 1. The molecule has 0 unspecified atom stereocenters. The van der Waals surface area contributed by atoms with E-state index in [1.54, 1.807) is 11.3 Å². The molecule has 1 aromatic heterocycles. The maximum atomic E-state index is 12.6. The number of carbonyl (C=O) groups excluding carboxylic acids is 1. The van der Waals surface area contributed by atoms with E-state index in [9.17, 15) is 4.79 Å². The lowest BCUT2D eigenvalue weighted by Crippen LogP contribution is -2.46.